The lowest BCUT2D eigenvalue weighted by Crippen LogP contribution is -2.30. The molecule has 0 unspecified atom stereocenters. The lowest BCUT2D eigenvalue weighted by Gasteiger charge is -2.08. The van der Waals surface area contributed by atoms with Gasteiger partial charge in [-0.15, -0.1) is 0 Å². The maximum atomic E-state index is 12.0. The molecule has 2 aromatic rings. The van der Waals surface area contributed by atoms with Crippen LogP contribution in [0, 0.1) is 0 Å². The number of hydrogen-bond acceptors (Lipinski definition) is 4. The summed E-state index contributed by atoms with van der Waals surface area (Å²) in [6, 6.07) is 13.7. The number of halogens is 1. The third kappa shape index (κ3) is 6.57. The molecule has 2 rings (SSSR count). The van der Waals surface area contributed by atoms with Gasteiger partial charge in [-0.3, -0.25) is 9.59 Å². The van der Waals surface area contributed by atoms with Crippen molar-refractivity contribution in [3.63, 3.8) is 0 Å². The molecule has 0 aliphatic carbocycles. The molecule has 0 aliphatic heterocycles. The SMILES string of the molecule is CC(=O)Nc1cccc(C(=O)OCC(=O)NCCc2cccc(Cl)c2)c1. The molecule has 0 aliphatic rings. The summed E-state index contributed by atoms with van der Waals surface area (Å²) in [4.78, 5) is 34.8. The Morgan fingerprint density at radius 2 is 1.85 bits per heavy atom. The van der Waals surface area contributed by atoms with E-state index in [4.69, 9.17) is 16.3 Å². The summed E-state index contributed by atoms with van der Waals surface area (Å²) in [5.41, 5.74) is 1.74. The van der Waals surface area contributed by atoms with Crippen LogP contribution in [0.2, 0.25) is 5.02 Å². The highest BCUT2D eigenvalue weighted by atomic mass is 35.5. The Kier molecular flexibility index (Phi) is 7.17. The Hall–Kier alpha value is -2.86. The average Bonchev–Trinajstić information content (AvgIpc) is 2.59. The van der Waals surface area contributed by atoms with E-state index in [1.54, 1.807) is 24.3 Å². The molecule has 0 spiro atoms. The highest BCUT2D eigenvalue weighted by molar-refractivity contribution is 6.30. The first-order chi connectivity index (χ1) is 12.4. The van der Waals surface area contributed by atoms with Crippen LogP contribution in [0.4, 0.5) is 5.69 Å². The van der Waals surface area contributed by atoms with E-state index in [0.717, 1.165) is 5.56 Å². The second-order valence-corrected chi connectivity index (χ2v) is 6.00. The predicted octanol–water partition coefficient (Wildman–Crippen LogP) is 2.81. The van der Waals surface area contributed by atoms with Crippen LogP contribution in [0.25, 0.3) is 0 Å². The minimum atomic E-state index is -0.637. The number of rotatable bonds is 7. The van der Waals surface area contributed by atoms with E-state index < -0.39 is 11.9 Å². The summed E-state index contributed by atoms with van der Waals surface area (Å²) in [7, 11) is 0. The van der Waals surface area contributed by atoms with E-state index in [2.05, 4.69) is 10.6 Å². The molecule has 0 atom stereocenters. The number of nitrogens with one attached hydrogen (secondary N) is 2. The smallest absolute Gasteiger partial charge is 0.338 e. The van der Waals surface area contributed by atoms with Crippen molar-refractivity contribution in [1.29, 1.82) is 0 Å². The van der Waals surface area contributed by atoms with Crippen LogP contribution in [-0.4, -0.2) is 30.9 Å². The van der Waals surface area contributed by atoms with Gasteiger partial charge in [0, 0.05) is 24.2 Å². The van der Waals surface area contributed by atoms with Gasteiger partial charge in [-0.05, 0) is 42.3 Å². The van der Waals surface area contributed by atoms with Gasteiger partial charge in [0.05, 0.1) is 5.56 Å². The molecule has 7 heteroatoms. The van der Waals surface area contributed by atoms with Crippen LogP contribution in [0.3, 0.4) is 0 Å². The minimum Gasteiger partial charge on any atom is -0.452 e. The van der Waals surface area contributed by atoms with Crippen LogP contribution in [0.5, 0.6) is 0 Å². The molecule has 26 heavy (non-hydrogen) atoms. The van der Waals surface area contributed by atoms with E-state index in [1.165, 1.54) is 13.0 Å². The predicted molar refractivity (Wildman–Crippen MR) is 99.2 cm³/mol. The monoisotopic (exact) mass is 374 g/mol. The van der Waals surface area contributed by atoms with E-state index in [9.17, 15) is 14.4 Å². The van der Waals surface area contributed by atoms with E-state index >= 15 is 0 Å². The summed E-state index contributed by atoms with van der Waals surface area (Å²) in [5.74, 6) is -1.27. The molecule has 0 saturated carbocycles. The molecule has 2 N–H and O–H groups in total. The molecule has 2 amide bonds. The summed E-state index contributed by atoms with van der Waals surface area (Å²) in [6.07, 6.45) is 0.624. The van der Waals surface area contributed by atoms with Gasteiger partial charge in [0.25, 0.3) is 5.91 Å². The lowest BCUT2D eigenvalue weighted by molar-refractivity contribution is -0.124. The quantitative estimate of drug-likeness (QED) is 0.730. The molecular weight excluding hydrogens is 356 g/mol. The molecular formula is C19H19ClN2O4. The fourth-order valence-corrected chi connectivity index (χ4v) is 2.44. The van der Waals surface area contributed by atoms with E-state index in [0.29, 0.717) is 23.7 Å². The molecule has 0 heterocycles. The summed E-state index contributed by atoms with van der Waals surface area (Å²) >= 11 is 5.90. The van der Waals surface area contributed by atoms with Gasteiger partial charge < -0.3 is 15.4 Å². The summed E-state index contributed by atoms with van der Waals surface area (Å²) < 4.78 is 4.99. The van der Waals surface area contributed by atoms with Crippen molar-refractivity contribution in [2.24, 2.45) is 0 Å². The average molecular weight is 375 g/mol. The van der Waals surface area contributed by atoms with Crippen molar-refractivity contribution in [3.8, 4) is 0 Å². The third-order valence-corrected chi connectivity index (χ3v) is 3.61. The zero-order valence-corrected chi connectivity index (χ0v) is 15.0. The molecule has 2 aromatic carbocycles. The first-order valence-electron chi connectivity index (χ1n) is 8.00. The molecule has 6 nitrogen and oxygen atoms in total. The van der Waals surface area contributed by atoms with Gasteiger partial charge in [0.15, 0.2) is 6.61 Å². The third-order valence-electron chi connectivity index (χ3n) is 3.38. The first kappa shape index (κ1) is 19.5. The van der Waals surface area contributed by atoms with Crippen molar-refractivity contribution in [2.75, 3.05) is 18.5 Å². The van der Waals surface area contributed by atoms with Crippen LogP contribution in [0.1, 0.15) is 22.8 Å². The Morgan fingerprint density at radius 3 is 2.58 bits per heavy atom. The van der Waals surface area contributed by atoms with Crippen LogP contribution in [-0.2, 0) is 20.7 Å². The van der Waals surface area contributed by atoms with Crippen molar-refractivity contribution >= 4 is 35.1 Å². The Balaban J connectivity index is 1.76. The largest absolute Gasteiger partial charge is 0.452 e. The maximum Gasteiger partial charge on any atom is 0.338 e. The van der Waals surface area contributed by atoms with Gasteiger partial charge >= 0.3 is 5.97 Å². The second-order valence-electron chi connectivity index (χ2n) is 5.57. The standard InChI is InChI=1S/C19H19ClN2O4/c1-13(23)22-17-7-3-5-15(11-17)19(25)26-12-18(24)21-9-8-14-4-2-6-16(20)10-14/h2-7,10-11H,8-9,12H2,1H3,(H,21,24)(H,22,23). The Morgan fingerprint density at radius 1 is 1.08 bits per heavy atom. The number of esters is 1. The maximum absolute atomic E-state index is 12.0. The second kappa shape index (κ2) is 9.58. The molecule has 0 radical (unpaired) electrons. The van der Waals surface area contributed by atoms with Crippen LogP contribution in [0.15, 0.2) is 48.5 Å². The highest BCUT2D eigenvalue weighted by Gasteiger charge is 2.11. The van der Waals surface area contributed by atoms with Gasteiger partial charge in [-0.2, -0.15) is 0 Å². The van der Waals surface area contributed by atoms with Gasteiger partial charge in [0.2, 0.25) is 5.91 Å². The number of carbonyl (C=O) groups excluding carboxylic acids is 3. The number of hydrogen-bond donors (Lipinski definition) is 2. The normalized spacial score (nSPS) is 10.1. The van der Waals surface area contributed by atoms with Crippen molar-refractivity contribution in [3.05, 3.63) is 64.7 Å². The van der Waals surface area contributed by atoms with Crippen molar-refractivity contribution in [2.45, 2.75) is 13.3 Å². The Labute approximate surface area is 156 Å². The number of carbonyl (C=O) groups is 3. The minimum absolute atomic E-state index is 0.241. The zero-order valence-electron chi connectivity index (χ0n) is 14.3. The fraction of sp³-hybridized carbons (Fsp3) is 0.211. The van der Waals surface area contributed by atoms with Crippen LogP contribution >= 0.6 is 11.6 Å². The van der Waals surface area contributed by atoms with E-state index in [1.807, 2.05) is 18.2 Å². The highest BCUT2D eigenvalue weighted by Crippen LogP contribution is 2.12. The lowest BCUT2D eigenvalue weighted by atomic mass is 10.1. The molecule has 136 valence electrons. The number of amides is 2. The van der Waals surface area contributed by atoms with Crippen LogP contribution < -0.4 is 10.6 Å². The Bertz CT molecular complexity index is 808. The number of benzene rings is 2. The number of anilines is 1. The molecule has 0 bridgehead atoms. The van der Waals surface area contributed by atoms with Gasteiger partial charge in [-0.25, -0.2) is 4.79 Å². The first-order valence-corrected chi connectivity index (χ1v) is 8.38. The summed E-state index contributed by atoms with van der Waals surface area (Å²) in [6.45, 7) is 1.41. The molecule has 0 fully saturated rings. The number of ether oxygens (including phenoxy) is 1. The van der Waals surface area contributed by atoms with Gasteiger partial charge in [0.1, 0.15) is 0 Å². The fourth-order valence-electron chi connectivity index (χ4n) is 2.23. The van der Waals surface area contributed by atoms with Crippen molar-refractivity contribution < 1.29 is 19.1 Å². The van der Waals surface area contributed by atoms with E-state index in [-0.39, 0.29) is 18.1 Å². The topological polar surface area (TPSA) is 84.5 Å². The zero-order chi connectivity index (χ0) is 18.9. The summed E-state index contributed by atoms with van der Waals surface area (Å²) in [5, 5.41) is 5.90. The van der Waals surface area contributed by atoms with Crippen molar-refractivity contribution in [1.82, 2.24) is 5.32 Å². The molecule has 0 saturated heterocycles. The van der Waals surface area contributed by atoms with Gasteiger partial charge in [-0.1, -0.05) is 29.8 Å². The molecule has 0 aromatic heterocycles.